The summed E-state index contributed by atoms with van der Waals surface area (Å²) in [4.78, 5) is 22.6. The molecule has 0 saturated carbocycles. The topological polar surface area (TPSA) is 67.4 Å². The molecule has 1 aliphatic rings. The lowest BCUT2D eigenvalue weighted by Crippen LogP contribution is -2.48. The summed E-state index contributed by atoms with van der Waals surface area (Å²) in [6.45, 7) is 1.13. The lowest BCUT2D eigenvalue weighted by molar-refractivity contribution is -0.00737. The highest BCUT2D eigenvalue weighted by atomic mass is 19.1. The molecule has 0 radical (unpaired) electrons. The van der Waals surface area contributed by atoms with Crippen molar-refractivity contribution in [3.05, 3.63) is 53.9 Å². The average molecular weight is 358 g/mol. The molecule has 2 aromatic rings. The van der Waals surface area contributed by atoms with Crippen LogP contribution in [0.2, 0.25) is 0 Å². The van der Waals surface area contributed by atoms with Gasteiger partial charge in [-0.05, 0) is 36.5 Å². The molecule has 26 heavy (non-hydrogen) atoms. The summed E-state index contributed by atoms with van der Waals surface area (Å²) in [5.74, 6) is 0.0506. The standard InChI is InChI=1S/C19H23FN4O2/c1-21-16-10-22-18(23-11-16)19(25)24-8-7-14(17(12-24)26-2)9-13-3-5-15(20)6-4-13/h3-6,10-11,14,17,21H,7-9,12H2,1-2H3/t14-,17+/m1/s1. The number of nitrogens with zero attached hydrogens (tertiary/aromatic N) is 3. The predicted octanol–water partition coefficient (Wildman–Crippen LogP) is 2.38. The van der Waals surface area contributed by atoms with Crippen molar-refractivity contribution in [1.82, 2.24) is 14.9 Å². The van der Waals surface area contributed by atoms with E-state index < -0.39 is 0 Å². The van der Waals surface area contributed by atoms with E-state index in [0.29, 0.717) is 13.1 Å². The van der Waals surface area contributed by atoms with E-state index in [0.717, 1.165) is 24.1 Å². The number of benzene rings is 1. The van der Waals surface area contributed by atoms with Crippen molar-refractivity contribution >= 4 is 11.6 Å². The lowest BCUT2D eigenvalue weighted by Gasteiger charge is -2.37. The number of methoxy groups -OCH3 is 1. The normalized spacial score (nSPS) is 20.0. The molecule has 0 bridgehead atoms. The largest absolute Gasteiger partial charge is 0.386 e. The molecule has 0 spiro atoms. The van der Waals surface area contributed by atoms with Gasteiger partial charge in [-0.2, -0.15) is 0 Å². The summed E-state index contributed by atoms with van der Waals surface area (Å²) in [6.07, 6.45) is 4.73. The molecule has 0 unspecified atom stereocenters. The summed E-state index contributed by atoms with van der Waals surface area (Å²) in [5.41, 5.74) is 1.83. The zero-order chi connectivity index (χ0) is 18.5. The number of hydrogen-bond acceptors (Lipinski definition) is 5. The number of rotatable bonds is 5. The summed E-state index contributed by atoms with van der Waals surface area (Å²) < 4.78 is 18.7. The molecule has 1 amide bonds. The number of halogens is 1. The van der Waals surface area contributed by atoms with Gasteiger partial charge in [0.25, 0.3) is 5.91 Å². The summed E-state index contributed by atoms with van der Waals surface area (Å²) in [6, 6.07) is 6.55. The van der Waals surface area contributed by atoms with E-state index in [-0.39, 0.29) is 29.6 Å². The average Bonchev–Trinajstić information content (AvgIpc) is 2.69. The maximum Gasteiger partial charge on any atom is 0.291 e. The second kappa shape index (κ2) is 8.23. The SMILES string of the molecule is CNc1cnc(C(=O)N2CC[C@H](Cc3ccc(F)cc3)[C@@H](OC)C2)nc1. The molecule has 1 aromatic heterocycles. The fourth-order valence-electron chi connectivity index (χ4n) is 3.28. The number of amides is 1. The van der Waals surface area contributed by atoms with E-state index in [1.165, 1.54) is 12.1 Å². The molecule has 0 aliphatic carbocycles. The number of aromatic nitrogens is 2. The van der Waals surface area contributed by atoms with Crippen LogP contribution in [0, 0.1) is 11.7 Å². The number of anilines is 1. The minimum atomic E-state index is -0.234. The minimum Gasteiger partial charge on any atom is -0.386 e. The van der Waals surface area contributed by atoms with E-state index in [2.05, 4.69) is 15.3 Å². The third kappa shape index (κ3) is 4.16. The van der Waals surface area contributed by atoms with Crippen molar-refractivity contribution in [2.24, 2.45) is 5.92 Å². The Morgan fingerprint density at radius 2 is 2.00 bits per heavy atom. The van der Waals surface area contributed by atoms with Crippen LogP contribution in [0.3, 0.4) is 0 Å². The molecular formula is C19H23FN4O2. The van der Waals surface area contributed by atoms with Gasteiger partial charge in [0, 0.05) is 27.2 Å². The fraction of sp³-hybridized carbons (Fsp3) is 0.421. The van der Waals surface area contributed by atoms with Crippen LogP contribution in [-0.2, 0) is 11.2 Å². The summed E-state index contributed by atoms with van der Waals surface area (Å²) >= 11 is 0. The van der Waals surface area contributed by atoms with Crippen LogP contribution in [0.25, 0.3) is 0 Å². The number of likely N-dealkylation sites (tertiary alicyclic amines) is 1. The Balaban J connectivity index is 1.64. The highest BCUT2D eigenvalue weighted by Crippen LogP contribution is 2.25. The maximum atomic E-state index is 13.1. The van der Waals surface area contributed by atoms with E-state index in [9.17, 15) is 9.18 Å². The van der Waals surface area contributed by atoms with Crippen molar-refractivity contribution in [3.63, 3.8) is 0 Å². The third-order valence-electron chi connectivity index (χ3n) is 4.83. The molecule has 138 valence electrons. The van der Waals surface area contributed by atoms with E-state index >= 15 is 0 Å². The van der Waals surface area contributed by atoms with Gasteiger partial charge >= 0.3 is 0 Å². The van der Waals surface area contributed by atoms with Gasteiger partial charge in [-0.25, -0.2) is 14.4 Å². The van der Waals surface area contributed by atoms with Gasteiger partial charge in [0.2, 0.25) is 5.82 Å². The van der Waals surface area contributed by atoms with Crippen molar-refractivity contribution in [1.29, 1.82) is 0 Å². The third-order valence-corrected chi connectivity index (χ3v) is 4.83. The van der Waals surface area contributed by atoms with Gasteiger partial charge in [-0.15, -0.1) is 0 Å². The van der Waals surface area contributed by atoms with Crippen molar-refractivity contribution in [2.45, 2.75) is 18.9 Å². The highest BCUT2D eigenvalue weighted by molar-refractivity contribution is 5.90. The van der Waals surface area contributed by atoms with Gasteiger partial charge in [-0.3, -0.25) is 4.79 Å². The molecule has 1 aliphatic heterocycles. The molecule has 2 heterocycles. The van der Waals surface area contributed by atoms with E-state index in [1.807, 2.05) is 0 Å². The number of carbonyl (C=O) groups is 1. The Bertz CT molecular complexity index is 736. The Morgan fingerprint density at radius 1 is 1.31 bits per heavy atom. The first-order valence-corrected chi connectivity index (χ1v) is 8.67. The zero-order valence-corrected chi connectivity index (χ0v) is 15.0. The first kappa shape index (κ1) is 18.3. The van der Waals surface area contributed by atoms with Crippen LogP contribution in [0.15, 0.2) is 36.7 Å². The van der Waals surface area contributed by atoms with Crippen LogP contribution in [-0.4, -0.2) is 54.1 Å². The first-order valence-electron chi connectivity index (χ1n) is 8.67. The highest BCUT2D eigenvalue weighted by Gasteiger charge is 2.32. The Labute approximate surface area is 152 Å². The van der Waals surface area contributed by atoms with Crippen LogP contribution in [0.4, 0.5) is 10.1 Å². The molecule has 7 heteroatoms. The number of carbonyl (C=O) groups excluding carboxylic acids is 1. The molecule has 1 N–H and O–H groups in total. The minimum absolute atomic E-state index is 0.0747. The number of hydrogen-bond donors (Lipinski definition) is 1. The molecule has 1 aromatic carbocycles. The molecular weight excluding hydrogens is 335 g/mol. The number of nitrogens with one attached hydrogen (secondary N) is 1. The van der Waals surface area contributed by atoms with Crippen LogP contribution < -0.4 is 5.32 Å². The molecule has 1 saturated heterocycles. The second-order valence-electron chi connectivity index (χ2n) is 6.45. The monoisotopic (exact) mass is 358 g/mol. The molecule has 2 atom stereocenters. The quantitative estimate of drug-likeness (QED) is 0.889. The zero-order valence-electron chi connectivity index (χ0n) is 15.0. The predicted molar refractivity (Wildman–Crippen MR) is 96.5 cm³/mol. The first-order chi connectivity index (χ1) is 12.6. The smallest absolute Gasteiger partial charge is 0.291 e. The van der Waals surface area contributed by atoms with Gasteiger partial charge < -0.3 is 15.0 Å². The second-order valence-corrected chi connectivity index (χ2v) is 6.45. The van der Waals surface area contributed by atoms with Crippen molar-refractivity contribution in [3.8, 4) is 0 Å². The van der Waals surface area contributed by atoms with E-state index in [4.69, 9.17) is 4.74 Å². The summed E-state index contributed by atoms with van der Waals surface area (Å²) in [7, 11) is 3.43. The lowest BCUT2D eigenvalue weighted by atomic mass is 9.87. The number of piperidine rings is 1. The van der Waals surface area contributed by atoms with Crippen LogP contribution >= 0.6 is 0 Å². The maximum absolute atomic E-state index is 13.1. The summed E-state index contributed by atoms with van der Waals surface area (Å²) in [5, 5.41) is 2.93. The van der Waals surface area contributed by atoms with Crippen molar-refractivity contribution in [2.75, 3.05) is 32.6 Å². The van der Waals surface area contributed by atoms with Crippen LogP contribution in [0.1, 0.15) is 22.6 Å². The van der Waals surface area contributed by atoms with Gasteiger partial charge in [0.05, 0.1) is 24.2 Å². The van der Waals surface area contributed by atoms with Gasteiger partial charge in [0.15, 0.2) is 0 Å². The van der Waals surface area contributed by atoms with E-state index in [1.54, 1.807) is 43.6 Å². The molecule has 6 nitrogen and oxygen atoms in total. The van der Waals surface area contributed by atoms with Gasteiger partial charge in [0.1, 0.15) is 5.82 Å². The fourth-order valence-corrected chi connectivity index (χ4v) is 3.28. The molecule has 3 rings (SSSR count). The number of ether oxygens (including phenoxy) is 1. The Morgan fingerprint density at radius 3 is 2.62 bits per heavy atom. The van der Waals surface area contributed by atoms with Crippen LogP contribution in [0.5, 0.6) is 0 Å². The van der Waals surface area contributed by atoms with Gasteiger partial charge in [-0.1, -0.05) is 12.1 Å². The Hall–Kier alpha value is -2.54. The molecule has 1 fully saturated rings. The van der Waals surface area contributed by atoms with Crippen molar-refractivity contribution < 1.29 is 13.9 Å². The Kier molecular flexibility index (Phi) is 5.78.